The Bertz CT molecular complexity index is 828. The normalized spacial score (nSPS) is 11.0. The molecule has 22 heavy (non-hydrogen) atoms. The number of nitrogens with zero attached hydrogens (tertiary/aromatic N) is 3. The number of hydrogen-bond donors (Lipinski definition) is 1. The first kappa shape index (κ1) is 13.8. The van der Waals surface area contributed by atoms with E-state index < -0.39 is 0 Å². The van der Waals surface area contributed by atoms with Crippen LogP contribution in [-0.4, -0.2) is 23.3 Å². The summed E-state index contributed by atoms with van der Waals surface area (Å²) >= 11 is 0. The van der Waals surface area contributed by atoms with E-state index in [2.05, 4.69) is 20.0 Å². The van der Waals surface area contributed by atoms with Gasteiger partial charge in [0.05, 0.1) is 6.21 Å². The van der Waals surface area contributed by atoms with Crippen molar-refractivity contribution in [2.75, 3.05) is 12.8 Å². The maximum absolute atomic E-state index is 5.92. The third-order valence-electron chi connectivity index (χ3n) is 3.12. The molecule has 0 bridgehead atoms. The lowest BCUT2D eigenvalue weighted by Crippen LogP contribution is -2.02. The predicted octanol–water partition coefficient (Wildman–Crippen LogP) is 2.98. The molecule has 0 fully saturated rings. The van der Waals surface area contributed by atoms with Crippen molar-refractivity contribution in [3.05, 3.63) is 54.4 Å². The SMILES string of the molecule is CON=Cc1c(N)ncnc1Oc1cccc2ccccc12. The molecule has 0 aliphatic carbocycles. The summed E-state index contributed by atoms with van der Waals surface area (Å²) in [5.41, 5.74) is 6.32. The van der Waals surface area contributed by atoms with Gasteiger partial charge in [0.25, 0.3) is 0 Å². The van der Waals surface area contributed by atoms with Crippen molar-refractivity contribution in [3.63, 3.8) is 0 Å². The molecular weight excluding hydrogens is 280 g/mol. The number of aromatic nitrogens is 2. The summed E-state index contributed by atoms with van der Waals surface area (Å²) in [6.07, 6.45) is 2.77. The zero-order valence-electron chi connectivity index (χ0n) is 11.9. The second-order valence-corrected chi connectivity index (χ2v) is 4.47. The van der Waals surface area contributed by atoms with Gasteiger partial charge in [-0.3, -0.25) is 0 Å². The molecule has 3 rings (SSSR count). The molecule has 0 spiro atoms. The minimum absolute atomic E-state index is 0.269. The van der Waals surface area contributed by atoms with E-state index in [4.69, 9.17) is 10.5 Å². The highest BCUT2D eigenvalue weighted by molar-refractivity contribution is 5.90. The Hall–Kier alpha value is -3.15. The van der Waals surface area contributed by atoms with Crippen LogP contribution in [0.4, 0.5) is 5.82 Å². The number of ether oxygens (including phenoxy) is 1. The van der Waals surface area contributed by atoms with Gasteiger partial charge in [0.15, 0.2) is 0 Å². The van der Waals surface area contributed by atoms with Crippen LogP contribution in [0.5, 0.6) is 11.6 Å². The standard InChI is InChI=1S/C16H14N4O2/c1-21-20-9-13-15(17)18-10-19-16(13)22-14-8-4-6-11-5-2-3-7-12(11)14/h2-10H,1H3,(H2,17,18,19). The molecule has 110 valence electrons. The Labute approximate surface area is 127 Å². The lowest BCUT2D eigenvalue weighted by Gasteiger charge is -2.10. The average Bonchev–Trinajstić information content (AvgIpc) is 2.55. The van der Waals surface area contributed by atoms with Crippen LogP contribution in [0.1, 0.15) is 5.56 Å². The average molecular weight is 294 g/mol. The molecule has 6 heteroatoms. The molecule has 6 nitrogen and oxygen atoms in total. The van der Waals surface area contributed by atoms with Gasteiger partial charge in [0, 0.05) is 5.39 Å². The van der Waals surface area contributed by atoms with E-state index in [1.54, 1.807) is 0 Å². The molecule has 0 atom stereocenters. The van der Waals surface area contributed by atoms with Crippen molar-refractivity contribution in [1.82, 2.24) is 9.97 Å². The molecule has 0 aliphatic rings. The molecule has 0 saturated carbocycles. The highest BCUT2D eigenvalue weighted by atomic mass is 16.6. The lowest BCUT2D eigenvalue weighted by molar-refractivity contribution is 0.215. The number of nitrogens with two attached hydrogens (primary N) is 1. The second kappa shape index (κ2) is 6.09. The van der Waals surface area contributed by atoms with Gasteiger partial charge < -0.3 is 15.3 Å². The number of benzene rings is 2. The number of nitrogen functional groups attached to an aromatic ring is 1. The van der Waals surface area contributed by atoms with E-state index in [-0.39, 0.29) is 5.82 Å². The fourth-order valence-corrected chi connectivity index (χ4v) is 2.09. The van der Waals surface area contributed by atoms with Crippen LogP contribution < -0.4 is 10.5 Å². The second-order valence-electron chi connectivity index (χ2n) is 4.47. The van der Waals surface area contributed by atoms with Gasteiger partial charge in [-0.1, -0.05) is 41.6 Å². The highest BCUT2D eigenvalue weighted by Crippen LogP contribution is 2.30. The number of anilines is 1. The van der Waals surface area contributed by atoms with Crippen LogP contribution in [0.3, 0.4) is 0 Å². The highest BCUT2D eigenvalue weighted by Gasteiger charge is 2.11. The summed E-state index contributed by atoms with van der Waals surface area (Å²) in [6, 6.07) is 13.7. The molecule has 0 radical (unpaired) electrons. The van der Waals surface area contributed by atoms with Crippen molar-refractivity contribution in [3.8, 4) is 11.6 Å². The predicted molar refractivity (Wildman–Crippen MR) is 85.1 cm³/mol. The number of rotatable bonds is 4. The van der Waals surface area contributed by atoms with Crippen LogP contribution in [0.25, 0.3) is 10.8 Å². The Morgan fingerprint density at radius 2 is 1.91 bits per heavy atom. The van der Waals surface area contributed by atoms with Crippen LogP contribution >= 0.6 is 0 Å². The first-order chi connectivity index (χ1) is 10.8. The summed E-state index contributed by atoms with van der Waals surface area (Å²) in [4.78, 5) is 12.7. The smallest absolute Gasteiger partial charge is 0.233 e. The molecule has 0 saturated heterocycles. The van der Waals surface area contributed by atoms with E-state index >= 15 is 0 Å². The fourth-order valence-electron chi connectivity index (χ4n) is 2.09. The molecular formula is C16H14N4O2. The van der Waals surface area contributed by atoms with Gasteiger partial charge in [-0.2, -0.15) is 0 Å². The molecule has 0 amide bonds. The van der Waals surface area contributed by atoms with Gasteiger partial charge in [0.1, 0.15) is 30.6 Å². The van der Waals surface area contributed by atoms with Crippen LogP contribution in [0, 0.1) is 0 Å². The van der Waals surface area contributed by atoms with Crippen molar-refractivity contribution >= 4 is 22.8 Å². The summed E-state index contributed by atoms with van der Waals surface area (Å²) in [7, 11) is 1.45. The largest absolute Gasteiger partial charge is 0.437 e. The number of hydrogen-bond acceptors (Lipinski definition) is 6. The van der Waals surface area contributed by atoms with E-state index in [1.807, 2.05) is 42.5 Å². The van der Waals surface area contributed by atoms with Gasteiger partial charge in [-0.25, -0.2) is 9.97 Å². The number of fused-ring (bicyclic) bond motifs is 1. The summed E-state index contributed by atoms with van der Waals surface area (Å²) in [5.74, 6) is 1.28. The first-order valence-corrected chi connectivity index (χ1v) is 6.62. The molecule has 0 aliphatic heterocycles. The molecule has 0 unspecified atom stereocenters. The molecule has 1 aromatic heterocycles. The zero-order valence-corrected chi connectivity index (χ0v) is 11.9. The molecule has 2 N–H and O–H groups in total. The van der Waals surface area contributed by atoms with Crippen LogP contribution in [0.2, 0.25) is 0 Å². The maximum Gasteiger partial charge on any atom is 0.233 e. The minimum atomic E-state index is 0.269. The number of oxime groups is 1. The Morgan fingerprint density at radius 3 is 2.77 bits per heavy atom. The van der Waals surface area contributed by atoms with Gasteiger partial charge in [-0.05, 0) is 11.5 Å². The van der Waals surface area contributed by atoms with Gasteiger partial charge >= 0.3 is 0 Å². The fraction of sp³-hybridized carbons (Fsp3) is 0.0625. The van der Waals surface area contributed by atoms with Crippen molar-refractivity contribution in [1.29, 1.82) is 0 Å². The Kier molecular flexibility index (Phi) is 3.82. The lowest BCUT2D eigenvalue weighted by atomic mass is 10.1. The molecule has 1 heterocycles. The summed E-state index contributed by atoms with van der Waals surface area (Å²) in [6.45, 7) is 0. The first-order valence-electron chi connectivity index (χ1n) is 6.62. The Balaban J connectivity index is 2.06. The van der Waals surface area contributed by atoms with Crippen molar-refractivity contribution < 1.29 is 9.57 Å². The maximum atomic E-state index is 5.92. The zero-order chi connectivity index (χ0) is 15.4. The van der Waals surface area contributed by atoms with E-state index in [0.717, 1.165) is 10.8 Å². The minimum Gasteiger partial charge on any atom is -0.437 e. The molecule has 2 aromatic carbocycles. The van der Waals surface area contributed by atoms with E-state index in [9.17, 15) is 0 Å². The van der Waals surface area contributed by atoms with E-state index in [1.165, 1.54) is 19.7 Å². The monoisotopic (exact) mass is 294 g/mol. The van der Waals surface area contributed by atoms with Crippen molar-refractivity contribution in [2.24, 2.45) is 5.16 Å². The Morgan fingerprint density at radius 1 is 1.09 bits per heavy atom. The molecule has 3 aromatic rings. The third-order valence-corrected chi connectivity index (χ3v) is 3.12. The topological polar surface area (TPSA) is 82.6 Å². The van der Waals surface area contributed by atoms with E-state index in [0.29, 0.717) is 17.2 Å². The van der Waals surface area contributed by atoms with Gasteiger partial charge in [0.2, 0.25) is 5.88 Å². The van der Waals surface area contributed by atoms with Crippen molar-refractivity contribution in [2.45, 2.75) is 0 Å². The van der Waals surface area contributed by atoms with Crippen LogP contribution in [0.15, 0.2) is 53.9 Å². The summed E-state index contributed by atoms with van der Waals surface area (Å²) in [5, 5.41) is 5.76. The van der Waals surface area contributed by atoms with Gasteiger partial charge in [-0.15, -0.1) is 0 Å². The quantitative estimate of drug-likeness (QED) is 0.591. The summed E-state index contributed by atoms with van der Waals surface area (Å²) < 4.78 is 5.92. The third kappa shape index (κ3) is 2.67. The van der Waals surface area contributed by atoms with Crippen LogP contribution in [-0.2, 0) is 4.84 Å².